The summed E-state index contributed by atoms with van der Waals surface area (Å²) in [5.41, 5.74) is 1.94. The number of carbonyl (C=O) groups is 1. The van der Waals surface area contributed by atoms with Gasteiger partial charge < -0.3 is 9.32 Å². The van der Waals surface area contributed by atoms with E-state index in [1.165, 1.54) is 11.8 Å². The third-order valence-corrected chi connectivity index (χ3v) is 4.84. The molecule has 0 atom stereocenters. The van der Waals surface area contributed by atoms with Gasteiger partial charge in [0.2, 0.25) is 11.8 Å². The molecule has 5 nitrogen and oxygen atoms in total. The van der Waals surface area contributed by atoms with Crippen LogP contribution in [0.2, 0.25) is 0 Å². The van der Waals surface area contributed by atoms with E-state index in [4.69, 9.17) is 4.42 Å². The highest BCUT2D eigenvalue weighted by atomic mass is 79.9. The summed E-state index contributed by atoms with van der Waals surface area (Å²) < 4.78 is 6.62. The minimum Gasteiger partial charge on any atom is -0.411 e. The summed E-state index contributed by atoms with van der Waals surface area (Å²) >= 11 is 4.65. The van der Waals surface area contributed by atoms with Gasteiger partial charge in [0.15, 0.2) is 0 Å². The number of amides is 1. The topological polar surface area (TPSA) is 59.2 Å². The molecule has 0 bridgehead atoms. The number of carbonyl (C=O) groups excluding carboxylic acids is 1. The van der Waals surface area contributed by atoms with Gasteiger partial charge in [0.1, 0.15) is 0 Å². The maximum Gasteiger partial charge on any atom is 0.277 e. The molecule has 0 saturated heterocycles. The number of halogens is 1. The molecule has 0 saturated carbocycles. The first-order valence-electron chi connectivity index (χ1n) is 7.62. The predicted octanol–water partition coefficient (Wildman–Crippen LogP) is 4.25. The molecule has 0 spiro atoms. The van der Waals surface area contributed by atoms with Crippen molar-refractivity contribution in [3.05, 3.63) is 64.6 Å². The molecule has 1 heterocycles. The average molecular weight is 418 g/mol. The monoisotopic (exact) mass is 417 g/mol. The van der Waals surface area contributed by atoms with E-state index in [1.807, 2.05) is 54.6 Å². The van der Waals surface area contributed by atoms with Crippen LogP contribution in [0.15, 0.2) is 68.7 Å². The van der Waals surface area contributed by atoms with E-state index < -0.39 is 0 Å². The lowest BCUT2D eigenvalue weighted by atomic mass is 10.2. The van der Waals surface area contributed by atoms with Crippen LogP contribution in [-0.2, 0) is 11.3 Å². The second-order valence-electron chi connectivity index (χ2n) is 5.40. The lowest BCUT2D eigenvalue weighted by Gasteiger charge is -2.16. The first kappa shape index (κ1) is 17.7. The number of aromatic nitrogens is 2. The molecule has 3 aromatic rings. The lowest BCUT2D eigenvalue weighted by molar-refractivity contribution is -0.127. The Labute approximate surface area is 158 Å². The van der Waals surface area contributed by atoms with E-state index in [1.54, 1.807) is 11.9 Å². The summed E-state index contributed by atoms with van der Waals surface area (Å²) in [6.07, 6.45) is 0. The van der Waals surface area contributed by atoms with Crippen molar-refractivity contribution < 1.29 is 9.21 Å². The zero-order valence-electron chi connectivity index (χ0n) is 13.6. The largest absolute Gasteiger partial charge is 0.411 e. The van der Waals surface area contributed by atoms with Crippen LogP contribution in [0.3, 0.4) is 0 Å². The fraction of sp³-hybridized carbons (Fsp3) is 0.167. The number of thioether (sulfide) groups is 1. The second-order valence-corrected chi connectivity index (χ2v) is 7.25. The van der Waals surface area contributed by atoms with E-state index in [2.05, 4.69) is 26.1 Å². The van der Waals surface area contributed by atoms with Gasteiger partial charge in [-0.2, -0.15) is 0 Å². The van der Waals surface area contributed by atoms with E-state index in [9.17, 15) is 4.79 Å². The fourth-order valence-corrected chi connectivity index (χ4v) is 3.12. The van der Waals surface area contributed by atoms with Crippen LogP contribution in [-0.4, -0.2) is 33.8 Å². The van der Waals surface area contributed by atoms with Crippen molar-refractivity contribution in [2.75, 3.05) is 12.8 Å². The maximum atomic E-state index is 12.3. The first-order valence-corrected chi connectivity index (χ1v) is 9.40. The SMILES string of the molecule is CN(Cc1ccc(Br)cc1)C(=O)CSc1nnc(-c2ccccc2)o1. The molecular weight excluding hydrogens is 402 g/mol. The Bertz CT molecular complexity index is 837. The van der Waals surface area contributed by atoms with Crippen molar-refractivity contribution in [1.29, 1.82) is 0 Å². The summed E-state index contributed by atoms with van der Waals surface area (Å²) in [7, 11) is 1.79. The van der Waals surface area contributed by atoms with Gasteiger partial charge in [-0.25, -0.2) is 0 Å². The summed E-state index contributed by atoms with van der Waals surface area (Å²) in [5, 5.41) is 8.40. The minimum atomic E-state index is 0.00683. The standard InChI is InChI=1S/C18H16BrN3O2S/c1-22(11-13-7-9-15(19)10-8-13)16(23)12-25-18-21-20-17(24-18)14-5-3-2-4-6-14/h2-10H,11-12H2,1H3. The molecule has 25 heavy (non-hydrogen) atoms. The Hall–Kier alpha value is -2.12. The number of hydrogen-bond acceptors (Lipinski definition) is 5. The molecule has 0 aliphatic heterocycles. The molecule has 7 heteroatoms. The quantitative estimate of drug-likeness (QED) is 0.561. The van der Waals surface area contributed by atoms with Crippen LogP contribution in [0.5, 0.6) is 0 Å². The van der Waals surface area contributed by atoms with Gasteiger partial charge >= 0.3 is 0 Å². The van der Waals surface area contributed by atoms with Crippen LogP contribution in [0.4, 0.5) is 0 Å². The van der Waals surface area contributed by atoms with Crippen LogP contribution in [0.1, 0.15) is 5.56 Å². The summed E-state index contributed by atoms with van der Waals surface area (Å²) in [6, 6.07) is 17.5. The maximum absolute atomic E-state index is 12.3. The van der Waals surface area contributed by atoms with E-state index in [0.29, 0.717) is 17.7 Å². The van der Waals surface area contributed by atoms with Gasteiger partial charge in [-0.3, -0.25) is 4.79 Å². The molecule has 0 fully saturated rings. The molecule has 128 valence electrons. The van der Waals surface area contributed by atoms with Gasteiger partial charge in [0.05, 0.1) is 5.75 Å². The van der Waals surface area contributed by atoms with E-state index in [-0.39, 0.29) is 11.7 Å². The van der Waals surface area contributed by atoms with E-state index >= 15 is 0 Å². The highest BCUT2D eigenvalue weighted by molar-refractivity contribution is 9.10. The van der Waals surface area contributed by atoms with Crippen molar-refractivity contribution in [3.63, 3.8) is 0 Å². The van der Waals surface area contributed by atoms with Crippen molar-refractivity contribution in [3.8, 4) is 11.5 Å². The average Bonchev–Trinajstić information content (AvgIpc) is 3.11. The van der Waals surface area contributed by atoms with Crippen molar-refractivity contribution >= 4 is 33.6 Å². The summed E-state index contributed by atoms with van der Waals surface area (Å²) in [6.45, 7) is 0.561. The molecule has 2 aromatic carbocycles. The van der Waals surface area contributed by atoms with Gasteiger partial charge in [0.25, 0.3) is 5.22 Å². The third-order valence-electron chi connectivity index (χ3n) is 3.51. The number of hydrogen-bond donors (Lipinski definition) is 0. The first-order chi connectivity index (χ1) is 12.1. The van der Waals surface area contributed by atoms with E-state index in [0.717, 1.165) is 15.6 Å². The molecule has 0 radical (unpaired) electrons. The Morgan fingerprint density at radius 2 is 1.84 bits per heavy atom. The van der Waals surface area contributed by atoms with Crippen LogP contribution >= 0.6 is 27.7 Å². The predicted molar refractivity (Wildman–Crippen MR) is 101 cm³/mol. The van der Waals surface area contributed by atoms with Gasteiger partial charge in [-0.15, -0.1) is 10.2 Å². The highest BCUT2D eigenvalue weighted by Gasteiger charge is 2.14. The normalized spacial score (nSPS) is 10.6. The molecule has 1 amide bonds. The van der Waals surface area contributed by atoms with Gasteiger partial charge in [0, 0.05) is 23.6 Å². The van der Waals surface area contributed by atoms with Crippen molar-refractivity contribution in [2.24, 2.45) is 0 Å². The van der Waals surface area contributed by atoms with Crippen LogP contribution < -0.4 is 0 Å². The second kappa shape index (κ2) is 8.31. The zero-order valence-corrected chi connectivity index (χ0v) is 16.0. The lowest BCUT2D eigenvalue weighted by Crippen LogP contribution is -2.27. The van der Waals surface area contributed by atoms with Crippen molar-refractivity contribution in [2.45, 2.75) is 11.8 Å². The Morgan fingerprint density at radius 1 is 1.12 bits per heavy atom. The molecule has 1 aromatic heterocycles. The highest BCUT2D eigenvalue weighted by Crippen LogP contribution is 2.23. The molecular formula is C18H16BrN3O2S. The molecule has 0 aliphatic rings. The smallest absolute Gasteiger partial charge is 0.277 e. The Morgan fingerprint density at radius 3 is 2.56 bits per heavy atom. The fourth-order valence-electron chi connectivity index (χ4n) is 2.15. The van der Waals surface area contributed by atoms with Gasteiger partial charge in [-0.05, 0) is 29.8 Å². The number of rotatable bonds is 6. The number of benzene rings is 2. The summed E-state index contributed by atoms with van der Waals surface area (Å²) in [4.78, 5) is 14.0. The third kappa shape index (κ3) is 4.93. The zero-order chi connectivity index (χ0) is 17.6. The Balaban J connectivity index is 1.53. The molecule has 0 N–H and O–H groups in total. The summed E-state index contributed by atoms with van der Waals surface area (Å²) in [5.74, 6) is 0.717. The van der Waals surface area contributed by atoms with Crippen molar-refractivity contribution in [1.82, 2.24) is 15.1 Å². The minimum absolute atomic E-state index is 0.00683. The molecule has 3 rings (SSSR count). The molecule has 0 aliphatic carbocycles. The van der Waals surface area contributed by atoms with Crippen LogP contribution in [0.25, 0.3) is 11.5 Å². The Kier molecular flexibility index (Phi) is 5.88. The molecule has 0 unspecified atom stereocenters. The van der Waals surface area contributed by atoms with Gasteiger partial charge in [-0.1, -0.05) is 58.0 Å². The number of nitrogens with zero attached hydrogens (tertiary/aromatic N) is 3. The van der Waals surface area contributed by atoms with Crippen LogP contribution in [0, 0.1) is 0 Å².